The normalized spacial score (nSPS) is 24.9. The number of halogens is 1. The number of imide groups is 1. The number of amides is 4. The summed E-state index contributed by atoms with van der Waals surface area (Å²) in [5.74, 6) is -0.519. The minimum absolute atomic E-state index is 0.151. The molecule has 2 aliphatic rings. The summed E-state index contributed by atoms with van der Waals surface area (Å²) in [6.45, 7) is 2.91. The van der Waals surface area contributed by atoms with E-state index < -0.39 is 11.6 Å². The molecule has 25 heavy (non-hydrogen) atoms. The monoisotopic (exact) mass is 427 g/mol. The zero-order valence-electron chi connectivity index (χ0n) is 14.2. The quantitative estimate of drug-likeness (QED) is 0.753. The molecule has 8 heteroatoms. The summed E-state index contributed by atoms with van der Waals surface area (Å²) in [5.41, 5.74) is -1.11. The number of rotatable bonds is 3. The summed E-state index contributed by atoms with van der Waals surface area (Å²) in [4.78, 5) is 41.4. The maximum Gasteiger partial charge on any atom is 0.325 e. The fourth-order valence-corrected chi connectivity index (χ4v) is 4.80. The third kappa shape index (κ3) is 3.74. The average Bonchev–Trinajstić information content (AvgIpc) is 3.05. The van der Waals surface area contributed by atoms with Crippen LogP contribution in [0.15, 0.2) is 15.9 Å². The molecule has 1 aromatic heterocycles. The predicted molar refractivity (Wildman–Crippen MR) is 99.3 cm³/mol. The standard InChI is InChI=1S/C17H22BrN3O3S/c1-17(12-7-8-13(18)25-12)15(23)21(16(24)19-17)11-14(22)20-9-5-3-2-4-6-10-20/h7-8H,2-6,9-11H2,1H3,(H,19,24). The number of carbonyl (C=O) groups excluding carboxylic acids is 3. The molecule has 0 aliphatic carbocycles. The molecule has 1 N–H and O–H groups in total. The molecule has 0 aromatic carbocycles. The first kappa shape index (κ1) is 18.4. The van der Waals surface area contributed by atoms with Crippen LogP contribution in [-0.2, 0) is 15.1 Å². The first-order valence-electron chi connectivity index (χ1n) is 8.59. The van der Waals surface area contributed by atoms with Crippen molar-refractivity contribution in [1.29, 1.82) is 0 Å². The molecule has 1 aromatic rings. The summed E-state index contributed by atoms with van der Waals surface area (Å²) in [6, 6.07) is 3.16. The van der Waals surface area contributed by atoms with Crippen LogP contribution in [-0.4, -0.2) is 47.3 Å². The van der Waals surface area contributed by atoms with Crippen molar-refractivity contribution in [1.82, 2.24) is 15.1 Å². The molecule has 6 nitrogen and oxygen atoms in total. The van der Waals surface area contributed by atoms with Crippen molar-refractivity contribution in [2.75, 3.05) is 19.6 Å². The van der Waals surface area contributed by atoms with E-state index in [1.807, 2.05) is 12.1 Å². The second-order valence-corrected chi connectivity index (χ2v) is 9.16. The highest BCUT2D eigenvalue weighted by Crippen LogP contribution is 2.35. The predicted octanol–water partition coefficient (Wildman–Crippen LogP) is 3.07. The van der Waals surface area contributed by atoms with Gasteiger partial charge in [-0.1, -0.05) is 19.3 Å². The van der Waals surface area contributed by atoms with Crippen LogP contribution in [0.5, 0.6) is 0 Å². The SMILES string of the molecule is CC1(c2ccc(Br)s2)NC(=O)N(CC(=O)N2CCCCCCC2)C1=O. The Bertz CT molecular complexity index is 684. The Kier molecular flexibility index (Phi) is 5.48. The maximum absolute atomic E-state index is 12.9. The third-order valence-electron chi connectivity index (χ3n) is 4.84. The Morgan fingerprint density at radius 1 is 1.20 bits per heavy atom. The number of nitrogens with zero attached hydrogens (tertiary/aromatic N) is 2. The minimum Gasteiger partial charge on any atom is -0.341 e. The van der Waals surface area contributed by atoms with Gasteiger partial charge in [-0.2, -0.15) is 0 Å². The molecule has 1 unspecified atom stereocenters. The van der Waals surface area contributed by atoms with Crippen molar-refractivity contribution in [3.8, 4) is 0 Å². The van der Waals surface area contributed by atoms with Crippen molar-refractivity contribution < 1.29 is 14.4 Å². The van der Waals surface area contributed by atoms with Gasteiger partial charge in [0.25, 0.3) is 5.91 Å². The molecule has 0 radical (unpaired) electrons. The van der Waals surface area contributed by atoms with Crippen LogP contribution in [0.3, 0.4) is 0 Å². The number of hydrogen-bond acceptors (Lipinski definition) is 4. The molecule has 1 atom stereocenters. The van der Waals surface area contributed by atoms with Gasteiger partial charge in [0.15, 0.2) is 5.54 Å². The summed E-state index contributed by atoms with van der Waals surface area (Å²) >= 11 is 4.78. The Balaban J connectivity index is 1.71. The van der Waals surface area contributed by atoms with Crippen LogP contribution < -0.4 is 5.32 Å². The molecule has 3 rings (SSSR count). The zero-order chi connectivity index (χ0) is 18.0. The number of urea groups is 1. The largest absolute Gasteiger partial charge is 0.341 e. The van der Waals surface area contributed by atoms with E-state index >= 15 is 0 Å². The molecule has 0 saturated carbocycles. The lowest BCUT2D eigenvalue weighted by molar-refractivity contribution is -0.139. The van der Waals surface area contributed by atoms with Gasteiger partial charge in [0.05, 0.1) is 3.79 Å². The molecular formula is C17H22BrN3O3S. The molecule has 4 amide bonds. The number of thiophene rings is 1. The molecule has 0 spiro atoms. The van der Waals surface area contributed by atoms with Gasteiger partial charge < -0.3 is 10.2 Å². The lowest BCUT2D eigenvalue weighted by Gasteiger charge is -2.26. The fourth-order valence-electron chi connectivity index (χ4n) is 3.32. The zero-order valence-corrected chi connectivity index (χ0v) is 16.6. The fraction of sp³-hybridized carbons (Fsp3) is 0.588. The van der Waals surface area contributed by atoms with E-state index in [2.05, 4.69) is 21.2 Å². The van der Waals surface area contributed by atoms with Crippen molar-refractivity contribution in [3.63, 3.8) is 0 Å². The molecule has 3 heterocycles. The molecule has 136 valence electrons. The van der Waals surface area contributed by atoms with Gasteiger partial charge in [0.1, 0.15) is 6.54 Å². The topological polar surface area (TPSA) is 69.7 Å². The highest BCUT2D eigenvalue weighted by atomic mass is 79.9. The van der Waals surface area contributed by atoms with Gasteiger partial charge in [0.2, 0.25) is 5.91 Å². The van der Waals surface area contributed by atoms with Crippen molar-refractivity contribution in [2.45, 2.75) is 44.6 Å². The number of nitrogens with one attached hydrogen (secondary N) is 1. The van der Waals surface area contributed by atoms with Crippen LogP contribution >= 0.6 is 27.3 Å². The summed E-state index contributed by atoms with van der Waals surface area (Å²) < 4.78 is 0.890. The number of carbonyl (C=O) groups is 3. The lowest BCUT2D eigenvalue weighted by Crippen LogP contribution is -2.45. The number of hydrogen-bond donors (Lipinski definition) is 1. The van der Waals surface area contributed by atoms with E-state index in [1.165, 1.54) is 17.8 Å². The van der Waals surface area contributed by atoms with E-state index in [9.17, 15) is 14.4 Å². The minimum atomic E-state index is -1.11. The first-order chi connectivity index (χ1) is 11.9. The molecule has 2 aliphatic heterocycles. The first-order valence-corrected chi connectivity index (χ1v) is 10.2. The van der Waals surface area contributed by atoms with E-state index in [0.29, 0.717) is 13.1 Å². The molecule has 2 saturated heterocycles. The highest BCUT2D eigenvalue weighted by molar-refractivity contribution is 9.11. The lowest BCUT2D eigenvalue weighted by atomic mass is 10.0. The summed E-state index contributed by atoms with van der Waals surface area (Å²) in [6.07, 6.45) is 5.42. The van der Waals surface area contributed by atoms with Crippen LogP contribution in [0, 0.1) is 0 Å². The Hall–Kier alpha value is -1.41. The molecule has 2 fully saturated rings. The smallest absolute Gasteiger partial charge is 0.325 e. The highest BCUT2D eigenvalue weighted by Gasteiger charge is 2.50. The van der Waals surface area contributed by atoms with Crippen LogP contribution in [0.1, 0.15) is 43.9 Å². The van der Waals surface area contributed by atoms with E-state index in [-0.39, 0.29) is 18.4 Å². The average molecular weight is 428 g/mol. The van der Waals surface area contributed by atoms with Gasteiger partial charge in [-0.05, 0) is 47.8 Å². The Morgan fingerprint density at radius 2 is 1.84 bits per heavy atom. The van der Waals surface area contributed by atoms with Gasteiger partial charge in [-0.15, -0.1) is 11.3 Å². The number of likely N-dealkylation sites (tertiary alicyclic amines) is 1. The van der Waals surface area contributed by atoms with Gasteiger partial charge in [0, 0.05) is 18.0 Å². The molecular weight excluding hydrogens is 406 g/mol. The van der Waals surface area contributed by atoms with E-state index in [1.54, 1.807) is 11.8 Å². The second-order valence-electron chi connectivity index (χ2n) is 6.70. The Morgan fingerprint density at radius 3 is 2.44 bits per heavy atom. The van der Waals surface area contributed by atoms with Crippen LogP contribution in [0.2, 0.25) is 0 Å². The van der Waals surface area contributed by atoms with Crippen molar-refractivity contribution in [3.05, 3.63) is 20.8 Å². The molecule has 0 bridgehead atoms. The maximum atomic E-state index is 12.9. The van der Waals surface area contributed by atoms with E-state index in [0.717, 1.165) is 39.2 Å². The van der Waals surface area contributed by atoms with Crippen molar-refractivity contribution in [2.24, 2.45) is 0 Å². The van der Waals surface area contributed by atoms with Crippen LogP contribution in [0.25, 0.3) is 0 Å². The summed E-state index contributed by atoms with van der Waals surface area (Å²) in [5, 5.41) is 2.75. The van der Waals surface area contributed by atoms with Gasteiger partial charge in [-0.3, -0.25) is 14.5 Å². The third-order valence-corrected chi connectivity index (χ3v) is 6.69. The van der Waals surface area contributed by atoms with Gasteiger partial charge >= 0.3 is 6.03 Å². The van der Waals surface area contributed by atoms with Crippen LogP contribution in [0.4, 0.5) is 4.79 Å². The van der Waals surface area contributed by atoms with E-state index in [4.69, 9.17) is 0 Å². The Labute approximate surface area is 159 Å². The summed E-state index contributed by atoms with van der Waals surface area (Å²) in [7, 11) is 0. The van der Waals surface area contributed by atoms with Crippen molar-refractivity contribution >= 4 is 45.1 Å². The van der Waals surface area contributed by atoms with Gasteiger partial charge in [-0.25, -0.2) is 4.79 Å². The second kappa shape index (κ2) is 7.45.